The van der Waals surface area contributed by atoms with E-state index >= 15 is 0 Å². The number of carbonyl (C=O) groups excluding carboxylic acids is 2. The van der Waals surface area contributed by atoms with Crippen molar-refractivity contribution in [2.24, 2.45) is 0 Å². The lowest BCUT2D eigenvalue weighted by molar-refractivity contribution is -0.117. The van der Waals surface area contributed by atoms with E-state index in [4.69, 9.17) is 4.74 Å². The van der Waals surface area contributed by atoms with Crippen molar-refractivity contribution in [2.45, 2.75) is 56.3 Å². The van der Waals surface area contributed by atoms with E-state index in [0.717, 1.165) is 43.2 Å². The molecule has 1 saturated carbocycles. The van der Waals surface area contributed by atoms with Gasteiger partial charge in [0.05, 0.1) is 18.9 Å². The van der Waals surface area contributed by atoms with Crippen molar-refractivity contribution in [3.63, 3.8) is 0 Å². The molecular weight excluding hydrogens is 428 g/mol. The van der Waals surface area contributed by atoms with Crippen LogP contribution in [0.15, 0.2) is 29.4 Å². The number of nitrogens with one attached hydrogen (secondary N) is 2. The van der Waals surface area contributed by atoms with Crippen molar-refractivity contribution in [1.82, 2.24) is 30.3 Å². The van der Waals surface area contributed by atoms with E-state index in [1.54, 1.807) is 7.11 Å². The Hall–Kier alpha value is -2.59. The maximum absolute atomic E-state index is 12.3. The zero-order chi connectivity index (χ0) is 22.5. The summed E-state index contributed by atoms with van der Waals surface area (Å²) in [5.41, 5.74) is 0.907. The summed E-state index contributed by atoms with van der Waals surface area (Å²) in [6.07, 6.45) is 5.58. The summed E-state index contributed by atoms with van der Waals surface area (Å²) in [5, 5.41) is 14.7. The van der Waals surface area contributed by atoms with E-state index < -0.39 is 6.03 Å². The first kappa shape index (κ1) is 22.6. The molecule has 1 saturated heterocycles. The van der Waals surface area contributed by atoms with Crippen molar-refractivity contribution in [3.8, 4) is 11.4 Å². The highest BCUT2D eigenvalue weighted by atomic mass is 32.2. The van der Waals surface area contributed by atoms with Crippen LogP contribution in [-0.4, -0.2) is 63.6 Å². The maximum Gasteiger partial charge on any atom is 0.321 e. The molecule has 0 spiro atoms. The monoisotopic (exact) mass is 458 g/mol. The molecule has 2 fully saturated rings. The van der Waals surface area contributed by atoms with Crippen LogP contribution in [0.4, 0.5) is 4.79 Å². The number of ether oxygens (including phenoxy) is 1. The van der Waals surface area contributed by atoms with E-state index in [9.17, 15) is 9.59 Å². The molecule has 1 aliphatic carbocycles. The van der Waals surface area contributed by atoms with Crippen LogP contribution in [0.1, 0.15) is 50.9 Å². The van der Waals surface area contributed by atoms with Gasteiger partial charge in [-0.3, -0.25) is 19.6 Å². The van der Waals surface area contributed by atoms with Gasteiger partial charge in [-0.05, 0) is 70.0 Å². The van der Waals surface area contributed by atoms with Crippen molar-refractivity contribution in [1.29, 1.82) is 0 Å². The molecule has 1 aromatic carbocycles. The van der Waals surface area contributed by atoms with Gasteiger partial charge in [-0.25, -0.2) is 4.79 Å². The minimum Gasteiger partial charge on any atom is -0.497 e. The zero-order valence-corrected chi connectivity index (χ0v) is 19.4. The van der Waals surface area contributed by atoms with E-state index in [0.29, 0.717) is 5.16 Å². The van der Waals surface area contributed by atoms with Gasteiger partial charge in [0.1, 0.15) is 5.75 Å². The Morgan fingerprint density at radius 2 is 1.88 bits per heavy atom. The van der Waals surface area contributed by atoms with Gasteiger partial charge in [0.2, 0.25) is 5.91 Å². The van der Waals surface area contributed by atoms with Crippen LogP contribution in [0.3, 0.4) is 0 Å². The van der Waals surface area contributed by atoms with Crippen LogP contribution in [0.2, 0.25) is 0 Å². The number of piperidine rings is 1. The molecule has 1 unspecified atom stereocenters. The lowest BCUT2D eigenvalue weighted by Gasteiger charge is -2.31. The third kappa shape index (κ3) is 5.60. The van der Waals surface area contributed by atoms with Crippen molar-refractivity contribution in [3.05, 3.63) is 30.1 Å². The van der Waals surface area contributed by atoms with Gasteiger partial charge in [0.25, 0.3) is 0 Å². The number of hydrogen-bond donors (Lipinski definition) is 2. The second-order valence-corrected chi connectivity index (χ2v) is 9.17. The van der Waals surface area contributed by atoms with Crippen LogP contribution < -0.4 is 15.4 Å². The smallest absolute Gasteiger partial charge is 0.321 e. The Kier molecular flexibility index (Phi) is 7.31. The number of benzene rings is 1. The van der Waals surface area contributed by atoms with Crippen molar-refractivity contribution < 1.29 is 14.3 Å². The summed E-state index contributed by atoms with van der Waals surface area (Å²) in [5.74, 6) is 1.32. The molecule has 32 heavy (non-hydrogen) atoms. The summed E-state index contributed by atoms with van der Waals surface area (Å²) in [6.45, 7) is 4.23. The Bertz CT molecular complexity index is 938. The number of methoxy groups -OCH3 is 1. The number of rotatable bonds is 8. The number of thioether (sulfide) groups is 1. The molecule has 0 radical (unpaired) electrons. The second-order valence-electron chi connectivity index (χ2n) is 8.23. The highest BCUT2D eigenvalue weighted by Gasteiger charge is 2.27. The van der Waals surface area contributed by atoms with Gasteiger partial charge in [-0.1, -0.05) is 18.2 Å². The predicted octanol–water partition coefficient (Wildman–Crippen LogP) is 2.90. The van der Waals surface area contributed by atoms with Gasteiger partial charge < -0.3 is 10.1 Å². The molecular formula is C22H30N6O3S. The van der Waals surface area contributed by atoms with Crippen LogP contribution in [-0.2, 0) is 4.79 Å². The third-order valence-electron chi connectivity index (χ3n) is 5.80. The Morgan fingerprint density at radius 3 is 2.53 bits per heavy atom. The normalized spacial score (nSPS) is 17.6. The Labute approximate surface area is 192 Å². The van der Waals surface area contributed by atoms with Gasteiger partial charge in [-0.2, -0.15) is 0 Å². The van der Waals surface area contributed by atoms with E-state index in [1.807, 2.05) is 28.8 Å². The summed E-state index contributed by atoms with van der Waals surface area (Å²) in [7, 11) is 1.64. The molecule has 9 nitrogen and oxygen atoms in total. The van der Waals surface area contributed by atoms with Gasteiger partial charge in [0, 0.05) is 11.7 Å². The topological polar surface area (TPSA) is 101 Å². The van der Waals surface area contributed by atoms with E-state index in [2.05, 4.69) is 32.7 Å². The van der Waals surface area contributed by atoms with Gasteiger partial charge in [-0.15, -0.1) is 10.2 Å². The number of hydrogen-bond acceptors (Lipinski definition) is 7. The van der Waals surface area contributed by atoms with Crippen molar-refractivity contribution >= 4 is 23.7 Å². The highest BCUT2D eigenvalue weighted by Crippen LogP contribution is 2.30. The Balaban J connectivity index is 1.51. The molecule has 4 rings (SSSR count). The van der Waals surface area contributed by atoms with Crippen LogP contribution in [0.25, 0.3) is 5.69 Å². The first-order chi connectivity index (χ1) is 15.5. The predicted molar refractivity (Wildman–Crippen MR) is 122 cm³/mol. The second kappa shape index (κ2) is 10.4. The average molecular weight is 459 g/mol. The molecule has 3 amide bonds. The largest absolute Gasteiger partial charge is 0.497 e. The first-order valence-corrected chi connectivity index (χ1v) is 12.1. The van der Waals surface area contributed by atoms with Crippen LogP contribution >= 0.6 is 11.8 Å². The maximum atomic E-state index is 12.3. The lowest BCUT2D eigenvalue weighted by Crippen LogP contribution is -2.41. The Morgan fingerprint density at radius 1 is 1.16 bits per heavy atom. The molecule has 1 atom stereocenters. The first-order valence-electron chi connectivity index (χ1n) is 11.1. The fraction of sp³-hybridized carbons (Fsp3) is 0.545. The van der Waals surface area contributed by atoms with E-state index in [-0.39, 0.29) is 23.7 Å². The molecule has 172 valence electrons. The third-order valence-corrected chi connectivity index (χ3v) is 6.73. The lowest BCUT2D eigenvalue weighted by atomic mass is 10.1. The van der Waals surface area contributed by atoms with Crippen molar-refractivity contribution in [2.75, 3.05) is 26.0 Å². The molecule has 2 heterocycles. The summed E-state index contributed by atoms with van der Waals surface area (Å²) >= 11 is 1.27. The number of carbonyl (C=O) groups is 2. The minimum atomic E-state index is -0.436. The van der Waals surface area contributed by atoms with Crippen LogP contribution in [0.5, 0.6) is 5.75 Å². The summed E-state index contributed by atoms with van der Waals surface area (Å²) in [6, 6.07) is 7.57. The molecule has 0 bridgehead atoms. The molecule has 1 aromatic heterocycles. The SMILES string of the molecule is COc1ccc(-n2c(SCC(=O)NC(=O)NC3CC3)nnc2C(C)N2CCCCC2)cc1. The fourth-order valence-electron chi connectivity index (χ4n) is 3.83. The molecule has 10 heteroatoms. The molecule has 1 aliphatic heterocycles. The van der Waals surface area contributed by atoms with E-state index in [1.165, 1.54) is 31.0 Å². The highest BCUT2D eigenvalue weighted by molar-refractivity contribution is 7.99. The average Bonchev–Trinajstić information content (AvgIpc) is 3.52. The molecule has 2 aromatic rings. The number of urea groups is 1. The quantitative estimate of drug-likeness (QED) is 0.587. The van der Waals surface area contributed by atoms with Gasteiger partial charge >= 0.3 is 6.03 Å². The summed E-state index contributed by atoms with van der Waals surface area (Å²) in [4.78, 5) is 26.5. The van der Waals surface area contributed by atoms with Gasteiger partial charge in [0.15, 0.2) is 11.0 Å². The minimum absolute atomic E-state index is 0.0739. The number of imide groups is 1. The number of aromatic nitrogens is 3. The molecule has 2 aliphatic rings. The fourth-order valence-corrected chi connectivity index (χ4v) is 4.59. The van der Waals surface area contributed by atoms with Crippen LogP contribution in [0, 0.1) is 0 Å². The number of nitrogens with zero attached hydrogens (tertiary/aromatic N) is 4. The molecule has 2 N–H and O–H groups in total. The number of amides is 3. The summed E-state index contributed by atoms with van der Waals surface area (Å²) < 4.78 is 7.29. The number of likely N-dealkylation sites (tertiary alicyclic amines) is 1. The standard InChI is InChI=1S/C22H30N6O3S/c1-15(27-12-4-3-5-13-27)20-25-26-22(28(20)17-8-10-18(31-2)11-9-17)32-14-19(29)24-21(30)23-16-6-7-16/h8-11,15-16H,3-7,12-14H2,1-2H3,(H2,23,24,29,30). The zero-order valence-electron chi connectivity index (χ0n) is 18.5.